The lowest BCUT2D eigenvalue weighted by Gasteiger charge is -2.10. The maximum Gasteiger partial charge on any atom is 0.355 e. The molecule has 204 valence electrons. The Morgan fingerprint density at radius 1 is 1.05 bits per heavy atom. The maximum absolute atomic E-state index is 13.0. The van der Waals surface area contributed by atoms with E-state index in [0.717, 1.165) is 29.4 Å². The van der Waals surface area contributed by atoms with Crippen LogP contribution in [0.15, 0.2) is 81.7 Å². The topological polar surface area (TPSA) is 94.6 Å². The number of nitrogens with zero attached hydrogens (tertiary/aromatic N) is 2. The van der Waals surface area contributed by atoms with Crippen LogP contribution in [-0.2, 0) is 24.3 Å². The lowest BCUT2D eigenvalue weighted by molar-refractivity contribution is 0.0473. The van der Waals surface area contributed by atoms with Crippen LogP contribution in [0.5, 0.6) is 0 Å². The molecule has 0 atom stereocenters. The lowest BCUT2D eigenvalue weighted by atomic mass is 10.0. The van der Waals surface area contributed by atoms with Gasteiger partial charge < -0.3 is 18.8 Å². The van der Waals surface area contributed by atoms with Crippen LogP contribution in [0.25, 0.3) is 22.3 Å². The number of aryl methyl sites for hydroxylation is 1. The third-order valence-electron chi connectivity index (χ3n) is 6.60. The molecule has 1 N–H and O–H groups in total. The Morgan fingerprint density at radius 3 is 2.55 bits per heavy atom. The van der Waals surface area contributed by atoms with E-state index in [1.807, 2.05) is 60.7 Å². The Hall–Kier alpha value is -3.88. The molecule has 0 amide bonds. The third-order valence-corrected chi connectivity index (χ3v) is 7.65. The number of carbonyl (C=O) groups excluding carboxylic acids is 1. The van der Waals surface area contributed by atoms with E-state index in [0.29, 0.717) is 39.2 Å². The molecule has 0 radical (unpaired) electrons. The Bertz CT molecular complexity index is 1690. The quantitative estimate of drug-likeness (QED) is 0.158. The van der Waals surface area contributed by atoms with Crippen molar-refractivity contribution in [3.05, 3.63) is 111 Å². The molecule has 0 aliphatic carbocycles. The van der Waals surface area contributed by atoms with Crippen molar-refractivity contribution >= 4 is 50.4 Å². The minimum Gasteiger partial charge on any atom is -0.476 e. The highest BCUT2D eigenvalue weighted by Crippen LogP contribution is 2.40. The maximum atomic E-state index is 13.0. The van der Waals surface area contributed by atoms with Gasteiger partial charge in [0.05, 0.1) is 10.0 Å². The van der Waals surface area contributed by atoms with Crippen LogP contribution in [0.3, 0.4) is 0 Å². The van der Waals surface area contributed by atoms with Crippen molar-refractivity contribution in [1.82, 2.24) is 9.55 Å². The first-order chi connectivity index (χ1) is 19.4. The van der Waals surface area contributed by atoms with Crippen LogP contribution in [0.1, 0.15) is 57.6 Å². The number of furan rings is 1. The van der Waals surface area contributed by atoms with Crippen LogP contribution in [0, 0.1) is 0 Å². The predicted molar refractivity (Wildman–Crippen MR) is 157 cm³/mol. The summed E-state index contributed by atoms with van der Waals surface area (Å²) in [6.45, 7) is 2.51. The fourth-order valence-corrected chi connectivity index (χ4v) is 5.48. The number of imidazole rings is 1. The number of esters is 1. The number of ether oxygens (including phenoxy) is 1. The highest BCUT2D eigenvalue weighted by atomic mass is 79.9. The number of benzene rings is 3. The molecular weight excluding hydrogens is 596 g/mol. The van der Waals surface area contributed by atoms with Crippen molar-refractivity contribution < 1.29 is 23.8 Å². The van der Waals surface area contributed by atoms with Crippen molar-refractivity contribution in [2.75, 3.05) is 0 Å². The molecule has 2 aromatic heterocycles. The molecule has 2 heterocycles. The number of unbranched alkanes of at least 4 members (excludes halogenated alkanes) is 1. The van der Waals surface area contributed by atoms with Gasteiger partial charge in [0.1, 0.15) is 23.8 Å². The zero-order valence-corrected chi connectivity index (χ0v) is 24.0. The van der Waals surface area contributed by atoms with Crippen molar-refractivity contribution in [3.8, 4) is 11.3 Å². The van der Waals surface area contributed by atoms with Crippen LogP contribution in [0.4, 0.5) is 0 Å². The molecule has 0 aliphatic heterocycles. The zero-order chi connectivity index (χ0) is 28.2. The summed E-state index contributed by atoms with van der Waals surface area (Å²) in [7, 11) is 0. The fourth-order valence-electron chi connectivity index (χ4n) is 4.60. The van der Waals surface area contributed by atoms with Crippen LogP contribution in [-0.4, -0.2) is 26.6 Å². The number of carboxylic acids is 1. The number of aromatic carboxylic acids is 1. The number of rotatable bonds is 10. The summed E-state index contributed by atoms with van der Waals surface area (Å²) < 4.78 is 14.1. The second kappa shape index (κ2) is 12.1. The van der Waals surface area contributed by atoms with Gasteiger partial charge in [-0.3, -0.25) is 0 Å². The van der Waals surface area contributed by atoms with Gasteiger partial charge in [-0.15, -0.1) is 0 Å². The second-order valence-corrected chi connectivity index (χ2v) is 10.5. The molecule has 40 heavy (non-hydrogen) atoms. The van der Waals surface area contributed by atoms with E-state index in [9.17, 15) is 14.7 Å². The zero-order valence-electron chi connectivity index (χ0n) is 21.7. The van der Waals surface area contributed by atoms with Crippen molar-refractivity contribution in [2.24, 2.45) is 0 Å². The number of hydrogen-bond donors (Lipinski definition) is 1. The minimum absolute atomic E-state index is 0.0118. The molecule has 0 fully saturated rings. The first-order valence-corrected chi connectivity index (χ1v) is 14.0. The van der Waals surface area contributed by atoms with E-state index in [-0.39, 0.29) is 24.0 Å². The van der Waals surface area contributed by atoms with Crippen LogP contribution in [0.2, 0.25) is 5.15 Å². The van der Waals surface area contributed by atoms with E-state index < -0.39 is 11.9 Å². The normalized spacial score (nSPS) is 11.2. The largest absolute Gasteiger partial charge is 0.476 e. The van der Waals surface area contributed by atoms with Crippen molar-refractivity contribution in [1.29, 1.82) is 0 Å². The first-order valence-electron chi connectivity index (χ1n) is 12.9. The van der Waals surface area contributed by atoms with Gasteiger partial charge in [0.25, 0.3) is 0 Å². The first kappa shape index (κ1) is 27.7. The number of carbonyl (C=O) groups is 2. The molecule has 3 aromatic carbocycles. The summed E-state index contributed by atoms with van der Waals surface area (Å²) in [5.41, 5.74) is 3.33. The van der Waals surface area contributed by atoms with E-state index in [1.165, 1.54) is 0 Å². The molecule has 5 rings (SSSR count). The molecule has 0 saturated carbocycles. The van der Waals surface area contributed by atoms with Gasteiger partial charge in [-0.1, -0.05) is 79.5 Å². The van der Waals surface area contributed by atoms with E-state index in [2.05, 4.69) is 27.8 Å². The molecule has 0 bridgehead atoms. The van der Waals surface area contributed by atoms with Gasteiger partial charge in [-0.25, -0.2) is 14.6 Å². The molecular formula is C31H26BrClN2O5. The Kier molecular flexibility index (Phi) is 8.38. The molecule has 5 aromatic rings. The van der Waals surface area contributed by atoms with Crippen molar-refractivity contribution in [2.45, 2.75) is 39.3 Å². The van der Waals surface area contributed by atoms with E-state index >= 15 is 0 Å². The third kappa shape index (κ3) is 5.69. The number of hydrogen-bond acceptors (Lipinski definition) is 5. The van der Waals surface area contributed by atoms with Gasteiger partial charge in [0.15, 0.2) is 10.8 Å². The second-order valence-electron chi connectivity index (χ2n) is 9.35. The van der Waals surface area contributed by atoms with Crippen LogP contribution >= 0.6 is 27.5 Å². The molecule has 9 heteroatoms. The SMILES string of the molecule is CCCCc1nc(Cl)c(C(=O)O)n1Cc1ccc2oc(-c3ccccc3C(=O)OCc3ccccc3)c(Br)c2c1. The standard InChI is InChI=1S/C31H26BrClN2O5/c1-2-3-13-25-34-29(33)27(30(36)37)35(25)17-20-14-15-24-23(16-20)26(32)28(40-24)21-11-7-8-12-22(21)31(38)39-18-19-9-5-4-6-10-19/h4-12,14-16H,2-3,13,17-18H2,1H3,(H,36,37). The highest BCUT2D eigenvalue weighted by Gasteiger charge is 2.23. The van der Waals surface area contributed by atoms with Crippen LogP contribution < -0.4 is 0 Å². The fraction of sp³-hybridized carbons (Fsp3) is 0.194. The Labute approximate surface area is 244 Å². The van der Waals surface area contributed by atoms with Gasteiger partial charge in [-0.2, -0.15) is 0 Å². The molecule has 0 spiro atoms. The van der Waals surface area contributed by atoms with Gasteiger partial charge >= 0.3 is 11.9 Å². The summed E-state index contributed by atoms with van der Waals surface area (Å²) in [6.07, 6.45) is 2.45. The predicted octanol–water partition coefficient (Wildman–Crippen LogP) is 8.16. The van der Waals surface area contributed by atoms with Gasteiger partial charge in [-0.05, 0) is 51.7 Å². The lowest BCUT2D eigenvalue weighted by Crippen LogP contribution is -2.13. The summed E-state index contributed by atoms with van der Waals surface area (Å²) >= 11 is 9.88. The summed E-state index contributed by atoms with van der Waals surface area (Å²) in [4.78, 5) is 29.3. The minimum atomic E-state index is -1.12. The summed E-state index contributed by atoms with van der Waals surface area (Å²) in [5.74, 6) is -0.437. The molecule has 0 aliphatic rings. The number of carboxylic acid groups (broad SMARTS) is 1. The summed E-state index contributed by atoms with van der Waals surface area (Å²) in [5, 5.41) is 10.6. The van der Waals surface area contributed by atoms with Gasteiger partial charge in [0.2, 0.25) is 0 Å². The molecule has 0 unspecified atom stereocenters. The summed E-state index contributed by atoms with van der Waals surface area (Å²) in [6, 6.07) is 22.3. The number of halogens is 2. The van der Waals surface area contributed by atoms with E-state index in [1.54, 1.807) is 16.7 Å². The number of aromatic nitrogens is 2. The molecule has 7 nitrogen and oxygen atoms in total. The Balaban J connectivity index is 1.47. The van der Waals surface area contributed by atoms with E-state index in [4.69, 9.17) is 20.8 Å². The van der Waals surface area contributed by atoms with Crippen molar-refractivity contribution in [3.63, 3.8) is 0 Å². The molecule has 0 saturated heterocycles. The smallest absolute Gasteiger partial charge is 0.355 e. The average Bonchev–Trinajstić information content (AvgIpc) is 3.46. The monoisotopic (exact) mass is 620 g/mol. The average molecular weight is 622 g/mol. The highest BCUT2D eigenvalue weighted by molar-refractivity contribution is 9.10. The Morgan fingerprint density at radius 2 is 1.80 bits per heavy atom. The number of fused-ring (bicyclic) bond motifs is 1. The van der Waals surface area contributed by atoms with Gasteiger partial charge in [0, 0.05) is 23.9 Å².